The molecule has 4 nitrogen and oxygen atoms in total. The van der Waals surface area contributed by atoms with Crippen molar-refractivity contribution in [2.24, 2.45) is 5.73 Å². The molecule has 3 N–H and O–H groups in total. The van der Waals surface area contributed by atoms with E-state index < -0.39 is 0 Å². The van der Waals surface area contributed by atoms with Gasteiger partial charge in [0, 0.05) is 19.0 Å². The van der Waals surface area contributed by atoms with Crippen molar-refractivity contribution in [3.8, 4) is 5.75 Å². The first-order valence-electron chi connectivity index (χ1n) is 5.77. The molecular formula is C13H20N2O2. The quantitative estimate of drug-likeness (QED) is 0.777. The maximum Gasteiger partial charge on any atom is 0.220 e. The van der Waals surface area contributed by atoms with Crippen LogP contribution in [0.1, 0.15) is 18.9 Å². The molecule has 94 valence electrons. The number of amides is 1. The van der Waals surface area contributed by atoms with Crippen molar-refractivity contribution < 1.29 is 9.53 Å². The van der Waals surface area contributed by atoms with Gasteiger partial charge in [-0.25, -0.2) is 0 Å². The molecule has 0 aliphatic carbocycles. The van der Waals surface area contributed by atoms with Crippen molar-refractivity contribution in [3.63, 3.8) is 0 Å². The van der Waals surface area contributed by atoms with Gasteiger partial charge in [-0.2, -0.15) is 0 Å². The summed E-state index contributed by atoms with van der Waals surface area (Å²) < 4.78 is 5.22. The Morgan fingerprint density at radius 3 is 2.82 bits per heavy atom. The van der Waals surface area contributed by atoms with Crippen LogP contribution in [0.25, 0.3) is 0 Å². The minimum Gasteiger partial charge on any atom is -0.496 e. The van der Waals surface area contributed by atoms with Crippen LogP contribution < -0.4 is 15.8 Å². The smallest absolute Gasteiger partial charge is 0.220 e. The number of ether oxygens (including phenoxy) is 1. The Morgan fingerprint density at radius 2 is 2.18 bits per heavy atom. The molecule has 0 saturated carbocycles. The number of hydrogen-bond donors (Lipinski definition) is 2. The highest BCUT2D eigenvalue weighted by Crippen LogP contribution is 2.18. The second kappa shape index (κ2) is 6.91. The van der Waals surface area contributed by atoms with E-state index in [4.69, 9.17) is 10.5 Å². The number of para-hydroxylation sites is 1. The van der Waals surface area contributed by atoms with Gasteiger partial charge in [0.15, 0.2) is 0 Å². The molecule has 1 amide bonds. The average Bonchev–Trinajstić information content (AvgIpc) is 2.34. The lowest BCUT2D eigenvalue weighted by atomic mass is 10.1. The highest BCUT2D eigenvalue weighted by atomic mass is 16.5. The summed E-state index contributed by atoms with van der Waals surface area (Å²) in [5.74, 6) is 0.848. The van der Waals surface area contributed by atoms with Crippen LogP contribution >= 0.6 is 0 Å². The number of methoxy groups -OCH3 is 1. The van der Waals surface area contributed by atoms with Gasteiger partial charge in [0.1, 0.15) is 5.75 Å². The summed E-state index contributed by atoms with van der Waals surface area (Å²) in [6, 6.07) is 7.72. The summed E-state index contributed by atoms with van der Waals surface area (Å²) in [4.78, 5) is 11.5. The van der Waals surface area contributed by atoms with Crippen LogP contribution in [0.15, 0.2) is 24.3 Å². The maximum atomic E-state index is 11.5. The van der Waals surface area contributed by atoms with Crippen LogP contribution in [0.2, 0.25) is 0 Å². The van der Waals surface area contributed by atoms with Gasteiger partial charge in [0.05, 0.1) is 7.11 Å². The molecule has 0 radical (unpaired) electrons. The minimum absolute atomic E-state index is 0.00906. The van der Waals surface area contributed by atoms with Crippen LogP contribution in [0.4, 0.5) is 0 Å². The highest BCUT2D eigenvalue weighted by Gasteiger charge is 2.06. The molecule has 0 saturated heterocycles. The average molecular weight is 236 g/mol. The lowest BCUT2D eigenvalue weighted by Gasteiger charge is -2.09. The van der Waals surface area contributed by atoms with Gasteiger partial charge in [0.2, 0.25) is 5.91 Å². The molecule has 0 heterocycles. The van der Waals surface area contributed by atoms with Crippen LogP contribution in [0.3, 0.4) is 0 Å². The molecule has 1 aromatic carbocycles. The van der Waals surface area contributed by atoms with Crippen LogP contribution in [-0.4, -0.2) is 25.6 Å². The third-order valence-corrected chi connectivity index (χ3v) is 2.44. The summed E-state index contributed by atoms with van der Waals surface area (Å²) >= 11 is 0. The second-order valence-electron chi connectivity index (χ2n) is 4.09. The van der Waals surface area contributed by atoms with E-state index in [1.54, 1.807) is 7.11 Å². The Kier molecular flexibility index (Phi) is 5.49. The molecule has 0 bridgehead atoms. The van der Waals surface area contributed by atoms with Gasteiger partial charge in [-0.15, -0.1) is 0 Å². The van der Waals surface area contributed by atoms with E-state index in [9.17, 15) is 4.79 Å². The second-order valence-corrected chi connectivity index (χ2v) is 4.09. The van der Waals surface area contributed by atoms with Crippen molar-refractivity contribution >= 4 is 5.91 Å². The molecule has 1 unspecified atom stereocenters. The maximum absolute atomic E-state index is 11.5. The molecule has 17 heavy (non-hydrogen) atoms. The van der Waals surface area contributed by atoms with E-state index in [0.29, 0.717) is 19.4 Å². The first-order valence-corrected chi connectivity index (χ1v) is 5.77. The largest absolute Gasteiger partial charge is 0.496 e. The molecule has 0 fully saturated rings. The lowest BCUT2D eigenvalue weighted by molar-refractivity contribution is -0.121. The van der Waals surface area contributed by atoms with E-state index in [2.05, 4.69) is 5.32 Å². The van der Waals surface area contributed by atoms with Gasteiger partial charge >= 0.3 is 0 Å². The number of carbonyl (C=O) groups excluding carboxylic acids is 1. The van der Waals surface area contributed by atoms with E-state index in [-0.39, 0.29) is 11.9 Å². The van der Waals surface area contributed by atoms with E-state index in [1.807, 2.05) is 31.2 Å². The third-order valence-electron chi connectivity index (χ3n) is 2.44. The Labute approximate surface area is 102 Å². The van der Waals surface area contributed by atoms with Gasteiger partial charge in [-0.05, 0) is 25.0 Å². The first kappa shape index (κ1) is 13.5. The number of carbonyl (C=O) groups is 1. The van der Waals surface area contributed by atoms with Gasteiger partial charge in [-0.1, -0.05) is 18.2 Å². The van der Waals surface area contributed by atoms with Crippen LogP contribution in [-0.2, 0) is 11.2 Å². The zero-order chi connectivity index (χ0) is 12.7. The summed E-state index contributed by atoms with van der Waals surface area (Å²) in [5, 5.41) is 2.79. The Morgan fingerprint density at radius 1 is 1.47 bits per heavy atom. The van der Waals surface area contributed by atoms with Gasteiger partial charge in [-0.3, -0.25) is 4.79 Å². The molecule has 0 aliphatic heterocycles. The molecule has 0 aromatic heterocycles. The molecule has 0 spiro atoms. The fraction of sp³-hybridized carbons (Fsp3) is 0.462. The van der Waals surface area contributed by atoms with Crippen LogP contribution in [0, 0.1) is 0 Å². The summed E-state index contributed by atoms with van der Waals surface area (Å²) in [7, 11) is 1.63. The number of aryl methyl sites for hydroxylation is 1. The normalized spacial score (nSPS) is 11.9. The first-order chi connectivity index (χ1) is 8.13. The molecule has 1 aromatic rings. The van der Waals surface area contributed by atoms with Crippen LogP contribution in [0.5, 0.6) is 5.75 Å². The van der Waals surface area contributed by atoms with Crippen molar-refractivity contribution in [3.05, 3.63) is 29.8 Å². The minimum atomic E-state index is -0.00906. The Hall–Kier alpha value is -1.55. The van der Waals surface area contributed by atoms with Crippen molar-refractivity contribution in [2.75, 3.05) is 13.7 Å². The SMILES string of the molecule is COc1ccccc1CCC(=O)NCC(C)N. The Balaban J connectivity index is 2.42. The molecule has 4 heteroatoms. The molecule has 0 aliphatic rings. The fourth-order valence-corrected chi connectivity index (χ4v) is 1.52. The third kappa shape index (κ3) is 4.87. The zero-order valence-corrected chi connectivity index (χ0v) is 10.4. The summed E-state index contributed by atoms with van der Waals surface area (Å²) in [6.45, 7) is 2.38. The fourth-order valence-electron chi connectivity index (χ4n) is 1.52. The van der Waals surface area contributed by atoms with Crippen molar-refractivity contribution in [1.82, 2.24) is 5.32 Å². The monoisotopic (exact) mass is 236 g/mol. The number of nitrogens with two attached hydrogens (primary N) is 1. The van der Waals surface area contributed by atoms with Gasteiger partial charge in [0.25, 0.3) is 0 Å². The molecular weight excluding hydrogens is 216 g/mol. The number of nitrogens with one attached hydrogen (secondary N) is 1. The Bertz CT molecular complexity index is 364. The van der Waals surface area contributed by atoms with Gasteiger partial charge < -0.3 is 15.8 Å². The zero-order valence-electron chi connectivity index (χ0n) is 10.4. The summed E-state index contributed by atoms with van der Waals surface area (Å²) in [5.41, 5.74) is 6.61. The number of hydrogen-bond acceptors (Lipinski definition) is 3. The van der Waals surface area contributed by atoms with E-state index in [1.165, 1.54) is 0 Å². The summed E-state index contributed by atoms with van der Waals surface area (Å²) in [6.07, 6.45) is 1.13. The molecule has 1 rings (SSSR count). The molecule has 1 atom stereocenters. The predicted molar refractivity (Wildman–Crippen MR) is 68.0 cm³/mol. The van der Waals surface area contributed by atoms with Crippen molar-refractivity contribution in [1.29, 1.82) is 0 Å². The van der Waals surface area contributed by atoms with E-state index >= 15 is 0 Å². The van der Waals surface area contributed by atoms with Crippen molar-refractivity contribution in [2.45, 2.75) is 25.8 Å². The predicted octanol–water partition coefficient (Wildman–Crippen LogP) is 1.09. The number of benzene rings is 1. The highest BCUT2D eigenvalue weighted by molar-refractivity contribution is 5.76. The topological polar surface area (TPSA) is 64.3 Å². The standard InChI is InChI=1S/C13H20N2O2/c1-10(14)9-15-13(16)8-7-11-5-3-4-6-12(11)17-2/h3-6,10H,7-9,14H2,1-2H3,(H,15,16). The lowest BCUT2D eigenvalue weighted by Crippen LogP contribution is -2.35. The van der Waals surface area contributed by atoms with E-state index in [0.717, 1.165) is 11.3 Å². The number of rotatable bonds is 6.